The molecule has 0 aromatic heterocycles. The van der Waals surface area contributed by atoms with Gasteiger partial charge < -0.3 is 14.8 Å². The maximum Gasteiger partial charge on any atom is 0.123 e. The van der Waals surface area contributed by atoms with Crippen LogP contribution >= 0.6 is 0 Å². The molecule has 98 valence electrons. The van der Waals surface area contributed by atoms with Crippen LogP contribution in [-0.2, 0) is 0 Å². The van der Waals surface area contributed by atoms with Crippen molar-refractivity contribution in [1.29, 1.82) is 0 Å². The largest absolute Gasteiger partial charge is 0.497 e. The predicted molar refractivity (Wildman–Crippen MR) is 71.2 cm³/mol. The Hall–Kier alpha value is -1.22. The fourth-order valence-corrected chi connectivity index (χ4v) is 3.18. The minimum Gasteiger partial charge on any atom is -0.497 e. The zero-order valence-electron chi connectivity index (χ0n) is 10.9. The number of rotatable bonds is 3. The summed E-state index contributed by atoms with van der Waals surface area (Å²) in [5.41, 5.74) is 0. The minimum atomic E-state index is 0.355. The number of nitrogens with one attached hydrogen (secondary N) is 1. The number of methoxy groups -OCH3 is 1. The molecule has 1 aromatic carbocycles. The average Bonchev–Trinajstić information content (AvgIpc) is 2.38. The van der Waals surface area contributed by atoms with Gasteiger partial charge in [-0.15, -0.1) is 0 Å². The summed E-state index contributed by atoms with van der Waals surface area (Å²) in [6, 6.07) is 9.24. The molecule has 1 N–H and O–H groups in total. The Kier molecular flexibility index (Phi) is 3.41. The van der Waals surface area contributed by atoms with E-state index in [9.17, 15) is 0 Å². The van der Waals surface area contributed by atoms with Gasteiger partial charge in [0.25, 0.3) is 0 Å². The number of hydrogen-bond acceptors (Lipinski definition) is 3. The van der Waals surface area contributed by atoms with Crippen molar-refractivity contribution in [2.45, 2.75) is 50.3 Å². The van der Waals surface area contributed by atoms with Crippen LogP contribution in [0.5, 0.6) is 11.5 Å². The third-order valence-corrected chi connectivity index (χ3v) is 4.02. The molecule has 2 fully saturated rings. The molecule has 3 heteroatoms. The zero-order valence-corrected chi connectivity index (χ0v) is 10.9. The Bertz CT molecular complexity index is 395. The van der Waals surface area contributed by atoms with Crippen molar-refractivity contribution in [2.75, 3.05) is 7.11 Å². The molecule has 0 saturated carbocycles. The van der Waals surface area contributed by atoms with Gasteiger partial charge in [0.15, 0.2) is 0 Å². The molecule has 1 unspecified atom stereocenters. The van der Waals surface area contributed by atoms with Crippen molar-refractivity contribution in [2.24, 2.45) is 0 Å². The van der Waals surface area contributed by atoms with E-state index in [0.29, 0.717) is 18.2 Å². The van der Waals surface area contributed by atoms with Crippen LogP contribution in [0, 0.1) is 0 Å². The topological polar surface area (TPSA) is 30.5 Å². The van der Waals surface area contributed by atoms with Gasteiger partial charge in [0.1, 0.15) is 17.6 Å². The fourth-order valence-electron chi connectivity index (χ4n) is 3.18. The second-order valence-electron chi connectivity index (χ2n) is 5.38. The Morgan fingerprint density at radius 2 is 1.83 bits per heavy atom. The summed E-state index contributed by atoms with van der Waals surface area (Å²) in [5.74, 6) is 1.79. The number of fused-ring (bicyclic) bond motifs is 2. The van der Waals surface area contributed by atoms with Gasteiger partial charge in [-0.25, -0.2) is 0 Å². The summed E-state index contributed by atoms with van der Waals surface area (Å²) in [7, 11) is 1.69. The monoisotopic (exact) mass is 247 g/mol. The van der Waals surface area contributed by atoms with Crippen molar-refractivity contribution in [1.82, 2.24) is 5.32 Å². The lowest BCUT2D eigenvalue weighted by atomic mass is 9.85. The second kappa shape index (κ2) is 5.19. The van der Waals surface area contributed by atoms with Crippen LogP contribution in [0.1, 0.15) is 32.1 Å². The summed E-state index contributed by atoms with van der Waals surface area (Å²) < 4.78 is 11.3. The van der Waals surface area contributed by atoms with E-state index < -0.39 is 0 Å². The zero-order chi connectivity index (χ0) is 12.4. The van der Waals surface area contributed by atoms with Crippen LogP contribution in [0.4, 0.5) is 0 Å². The summed E-state index contributed by atoms with van der Waals surface area (Å²) in [6.07, 6.45) is 6.59. The second-order valence-corrected chi connectivity index (χ2v) is 5.38. The Labute approximate surface area is 108 Å². The van der Waals surface area contributed by atoms with E-state index in [-0.39, 0.29) is 0 Å². The molecular weight excluding hydrogens is 226 g/mol. The van der Waals surface area contributed by atoms with Crippen LogP contribution in [0.25, 0.3) is 0 Å². The number of hydrogen-bond donors (Lipinski definition) is 1. The van der Waals surface area contributed by atoms with Gasteiger partial charge in [-0.3, -0.25) is 0 Å². The first-order chi connectivity index (χ1) is 8.83. The molecule has 3 rings (SSSR count). The SMILES string of the molecule is COc1cccc(OC2C[C@H]3CCC[C@@H](C2)N3)c1. The van der Waals surface area contributed by atoms with E-state index in [1.807, 2.05) is 24.3 Å². The first-order valence-electron chi connectivity index (χ1n) is 6.90. The third-order valence-electron chi connectivity index (χ3n) is 4.02. The number of benzene rings is 1. The molecule has 2 aliphatic heterocycles. The molecule has 2 saturated heterocycles. The highest BCUT2D eigenvalue weighted by molar-refractivity contribution is 5.33. The minimum absolute atomic E-state index is 0.355. The molecule has 2 heterocycles. The normalized spacial score (nSPS) is 30.8. The van der Waals surface area contributed by atoms with E-state index in [2.05, 4.69) is 5.32 Å². The highest BCUT2D eigenvalue weighted by Gasteiger charge is 2.32. The smallest absolute Gasteiger partial charge is 0.123 e. The number of piperidine rings is 2. The van der Waals surface area contributed by atoms with Gasteiger partial charge >= 0.3 is 0 Å². The molecule has 2 aliphatic rings. The first-order valence-corrected chi connectivity index (χ1v) is 6.90. The van der Waals surface area contributed by atoms with Crippen molar-refractivity contribution in [3.05, 3.63) is 24.3 Å². The lowest BCUT2D eigenvalue weighted by Gasteiger charge is -2.40. The Balaban J connectivity index is 1.65. The maximum absolute atomic E-state index is 6.11. The van der Waals surface area contributed by atoms with Gasteiger partial charge in [-0.2, -0.15) is 0 Å². The summed E-state index contributed by atoms with van der Waals surface area (Å²) in [6.45, 7) is 0. The summed E-state index contributed by atoms with van der Waals surface area (Å²) in [5, 5.41) is 3.69. The van der Waals surface area contributed by atoms with Crippen LogP contribution in [-0.4, -0.2) is 25.3 Å². The van der Waals surface area contributed by atoms with Crippen molar-refractivity contribution >= 4 is 0 Å². The molecule has 0 amide bonds. The van der Waals surface area contributed by atoms with Crippen molar-refractivity contribution < 1.29 is 9.47 Å². The van der Waals surface area contributed by atoms with E-state index >= 15 is 0 Å². The van der Waals surface area contributed by atoms with Gasteiger partial charge in [0, 0.05) is 18.2 Å². The fraction of sp³-hybridized carbons (Fsp3) is 0.600. The van der Waals surface area contributed by atoms with E-state index in [0.717, 1.165) is 24.3 Å². The third kappa shape index (κ3) is 2.61. The summed E-state index contributed by atoms with van der Waals surface area (Å²) in [4.78, 5) is 0. The Morgan fingerprint density at radius 3 is 2.56 bits per heavy atom. The van der Waals surface area contributed by atoms with E-state index in [1.165, 1.54) is 19.3 Å². The highest BCUT2D eigenvalue weighted by Crippen LogP contribution is 2.29. The van der Waals surface area contributed by atoms with Crippen LogP contribution < -0.4 is 14.8 Å². The van der Waals surface area contributed by atoms with Crippen LogP contribution in [0.15, 0.2) is 24.3 Å². The van der Waals surface area contributed by atoms with Crippen molar-refractivity contribution in [3.8, 4) is 11.5 Å². The Morgan fingerprint density at radius 1 is 1.11 bits per heavy atom. The quantitative estimate of drug-likeness (QED) is 0.891. The van der Waals surface area contributed by atoms with E-state index in [4.69, 9.17) is 9.47 Å². The molecular formula is C15H21NO2. The summed E-state index contributed by atoms with van der Waals surface area (Å²) >= 11 is 0. The van der Waals surface area contributed by atoms with Gasteiger partial charge in [-0.05, 0) is 37.8 Å². The molecule has 3 nitrogen and oxygen atoms in total. The van der Waals surface area contributed by atoms with Crippen LogP contribution in [0.3, 0.4) is 0 Å². The number of ether oxygens (including phenoxy) is 2. The maximum atomic E-state index is 6.11. The van der Waals surface area contributed by atoms with Gasteiger partial charge in [-0.1, -0.05) is 12.5 Å². The molecule has 0 spiro atoms. The molecule has 0 aliphatic carbocycles. The molecule has 0 radical (unpaired) electrons. The van der Waals surface area contributed by atoms with E-state index in [1.54, 1.807) is 7.11 Å². The first kappa shape index (κ1) is 11.8. The lowest BCUT2D eigenvalue weighted by Crippen LogP contribution is -2.51. The molecule has 2 bridgehead atoms. The van der Waals surface area contributed by atoms with Gasteiger partial charge in [0.2, 0.25) is 0 Å². The molecule has 3 atom stereocenters. The molecule has 18 heavy (non-hydrogen) atoms. The van der Waals surface area contributed by atoms with Crippen molar-refractivity contribution in [3.63, 3.8) is 0 Å². The van der Waals surface area contributed by atoms with Crippen LogP contribution in [0.2, 0.25) is 0 Å². The standard InChI is InChI=1S/C15H21NO2/c1-17-13-6-3-7-14(10-13)18-15-8-11-4-2-5-12(9-15)16-11/h3,6-7,10-12,15-16H,2,4-5,8-9H2,1H3/t11-,12+,15?. The predicted octanol–water partition coefficient (Wildman–Crippen LogP) is 2.75. The average molecular weight is 247 g/mol. The molecule has 1 aromatic rings. The lowest BCUT2D eigenvalue weighted by molar-refractivity contribution is 0.0925. The van der Waals surface area contributed by atoms with Gasteiger partial charge in [0.05, 0.1) is 7.11 Å². The highest BCUT2D eigenvalue weighted by atomic mass is 16.5.